The van der Waals surface area contributed by atoms with Gasteiger partial charge in [0, 0.05) is 33.5 Å². The predicted molar refractivity (Wildman–Crippen MR) is 51.1 cm³/mol. The molecular formula is C9H20N2O. The zero-order valence-corrected chi connectivity index (χ0v) is 7.97. The van der Waals surface area contributed by atoms with E-state index in [0.717, 1.165) is 26.1 Å². The summed E-state index contributed by atoms with van der Waals surface area (Å²) in [6.45, 7) is 6.85. The molecule has 0 aromatic rings. The maximum absolute atomic E-state index is 11.4. The summed E-state index contributed by atoms with van der Waals surface area (Å²) >= 11 is 0. The third-order valence-corrected chi connectivity index (χ3v) is 2.44. The van der Waals surface area contributed by atoms with Gasteiger partial charge in [-0.3, -0.25) is 4.79 Å². The Kier molecular flexibility index (Phi) is 3.53. The molecule has 0 radical (unpaired) electrons. The third kappa shape index (κ3) is 1.97. The lowest BCUT2D eigenvalue weighted by Crippen LogP contribution is -2.53. The molecule has 1 unspecified atom stereocenters. The van der Waals surface area contributed by atoms with Crippen LogP contribution < -0.4 is 5.32 Å². The molecule has 0 aliphatic carbocycles. The fourth-order valence-electron chi connectivity index (χ4n) is 1.66. The Morgan fingerprint density at radius 3 is 3.00 bits per heavy atom. The van der Waals surface area contributed by atoms with Crippen LogP contribution >= 0.6 is 0 Å². The van der Waals surface area contributed by atoms with Crippen molar-refractivity contribution in [2.75, 3.05) is 19.6 Å². The minimum absolute atomic E-state index is 0. The first-order chi connectivity index (χ1) is 5.79. The third-order valence-electron chi connectivity index (χ3n) is 2.44. The fraction of sp³-hybridized carbons (Fsp3) is 0.889. The van der Waals surface area contributed by atoms with Crippen molar-refractivity contribution in [3.63, 3.8) is 0 Å². The SMILES string of the molecule is CCC(=O)N1CCNCC1CC.[HH]. The van der Waals surface area contributed by atoms with Crippen molar-refractivity contribution in [2.45, 2.75) is 32.7 Å². The van der Waals surface area contributed by atoms with E-state index in [4.69, 9.17) is 0 Å². The zero-order valence-electron chi connectivity index (χ0n) is 7.97. The predicted octanol–water partition coefficient (Wildman–Crippen LogP) is 0.853. The molecule has 1 heterocycles. The van der Waals surface area contributed by atoms with Crippen LogP contribution in [-0.4, -0.2) is 36.5 Å². The molecule has 1 amide bonds. The van der Waals surface area contributed by atoms with Gasteiger partial charge in [0.15, 0.2) is 0 Å². The highest BCUT2D eigenvalue weighted by molar-refractivity contribution is 5.76. The van der Waals surface area contributed by atoms with Crippen molar-refractivity contribution in [1.29, 1.82) is 0 Å². The number of piperazine rings is 1. The molecule has 12 heavy (non-hydrogen) atoms. The van der Waals surface area contributed by atoms with Gasteiger partial charge in [-0.25, -0.2) is 0 Å². The van der Waals surface area contributed by atoms with E-state index in [2.05, 4.69) is 12.2 Å². The van der Waals surface area contributed by atoms with Crippen LogP contribution in [0.25, 0.3) is 0 Å². The van der Waals surface area contributed by atoms with Gasteiger partial charge in [-0.2, -0.15) is 0 Å². The molecule has 1 N–H and O–H groups in total. The van der Waals surface area contributed by atoms with Gasteiger partial charge in [0.2, 0.25) is 5.91 Å². The number of amides is 1. The molecular weight excluding hydrogens is 152 g/mol. The Morgan fingerprint density at radius 2 is 2.42 bits per heavy atom. The second kappa shape index (κ2) is 4.45. The first-order valence-corrected chi connectivity index (χ1v) is 4.79. The minimum Gasteiger partial charge on any atom is -0.337 e. The van der Waals surface area contributed by atoms with Gasteiger partial charge in [0.05, 0.1) is 0 Å². The summed E-state index contributed by atoms with van der Waals surface area (Å²) in [6.07, 6.45) is 1.69. The average molecular weight is 172 g/mol. The van der Waals surface area contributed by atoms with E-state index in [-0.39, 0.29) is 1.43 Å². The number of nitrogens with zero attached hydrogens (tertiary/aromatic N) is 1. The Hall–Kier alpha value is -0.570. The van der Waals surface area contributed by atoms with Crippen LogP contribution in [0.15, 0.2) is 0 Å². The molecule has 1 aliphatic rings. The summed E-state index contributed by atoms with van der Waals surface area (Å²) < 4.78 is 0. The molecule has 0 aromatic heterocycles. The highest BCUT2D eigenvalue weighted by Crippen LogP contribution is 2.08. The Morgan fingerprint density at radius 1 is 1.67 bits per heavy atom. The topological polar surface area (TPSA) is 32.3 Å². The van der Waals surface area contributed by atoms with E-state index in [1.165, 1.54) is 0 Å². The van der Waals surface area contributed by atoms with E-state index < -0.39 is 0 Å². The molecule has 0 spiro atoms. The highest BCUT2D eigenvalue weighted by atomic mass is 16.2. The number of rotatable bonds is 2. The van der Waals surface area contributed by atoms with Crippen LogP contribution in [0.5, 0.6) is 0 Å². The molecule has 3 heteroatoms. The largest absolute Gasteiger partial charge is 0.337 e. The fourth-order valence-corrected chi connectivity index (χ4v) is 1.66. The molecule has 1 aliphatic heterocycles. The molecule has 1 saturated heterocycles. The quantitative estimate of drug-likeness (QED) is 0.670. The molecule has 72 valence electrons. The maximum Gasteiger partial charge on any atom is 0.222 e. The van der Waals surface area contributed by atoms with E-state index >= 15 is 0 Å². The number of carbonyl (C=O) groups excluding carboxylic acids is 1. The van der Waals surface area contributed by atoms with Crippen LogP contribution in [0, 0.1) is 0 Å². The molecule has 3 nitrogen and oxygen atoms in total. The van der Waals surface area contributed by atoms with Crippen molar-refractivity contribution in [3.8, 4) is 0 Å². The lowest BCUT2D eigenvalue weighted by atomic mass is 10.1. The summed E-state index contributed by atoms with van der Waals surface area (Å²) in [7, 11) is 0. The zero-order chi connectivity index (χ0) is 8.97. The summed E-state index contributed by atoms with van der Waals surface area (Å²) in [4.78, 5) is 13.4. The van der Waals surface area contributed by atoms with Crippen molar-refractivity contribution in [2.24, 2.45) is 0 Å². The molecule has 1 atom stereocenters. The Balaban J connectivity index is 0.00000144. The first kappa shape index (κ1) is 9.52. The van der Waals surface area contributed by atoms with Crippen molar-refractivity contribution in [3.05, 3.63) is 0 Å². The molecule has 0 bridgehead atoms. The van der Waals surface area contributed by atoms with Crippen molar-refractivity contribution in [1.82, 2.24) is 10.2 Å². The standard InChI is InChI=1S/C9H18N2O.H2/c1-3-8-7-10-5-6-11(8)9(12)4-2;/h8,10H,3-7H2,1-2H3;1H. The van der Waals surface area contributed by atoms with Crippen LogP contribution in [0.2, 0.25) is 0 Å². The first-order valence-electron chi connectivity index (χ1n) is 4.79. The molecule has 1 fully saturated rings. The second-order valence-electron chi connectivity index (χ2n) is 3.21. The van der Waals surface area contributed by atoms with Gasteiger partial charge in [0.25, 0.3) is 0 Å². The molecule has 1 rings (SSSR count). The monoisotopic (exact) mass is 172 g/mol. The van der Waals surface area contributed by atoms with Gasteiger partial charge in [0.1, 0.15) is 0 Å². The summed E-state index contributed by atoms with van der Waals surface area (Å²) in [5.74, 6) is 0.295. The smallest absolute Gasteiger partial charge is 0.222 e. The highest BCUT2D eigenvalue weighted by Gasteiger charge is 2.23. The van der Waals surface area contributed by atoms with Gasteiger partial charge in [-0.1, -0.05) is 13.8 Å². The normalized spacial score (nSPS) is 24.2. The van der Waals surface area contributed by atoms with E-state index in [1.54, 1.807) is 0 Å². The van der Waals surface area contributed by atoms with Gasteiger partial charge in [-0.15, -0.1) is 0 Å². The molecule has 0 aromatic carbocycles. The van der Waals surface area contributed by atoms with Crippen LogP contribution in [0.3, 0.4) is 0 Å². The number of nitrogens with one attached hydrogen (secondary N) is 1. The molecule has 0 saturated carbocycles. The van der Waals surface area contributed by atoms with Crippen molar-refractivity contribution < 1.29 is 6.22 Å². The minimum atomic E-state index is 0. The van der Waals surface area contributed by atoms with E-state index in [1.807, 2.05) is 11.8 Å². The van der Waals surface area contributed by atoms with Crippen LogP contribution in [-0.2, 0) is 4.79 Å². The lowest BCUT2D eigenvalue weighted by Gasteiger charge is -2.35. The lowest BCUT2D eigenvalue weighted by molar-refractivity contribution is -0.134. The summed E-state index contributed by atoms with van der Waals surface area (Å²) in [5.41, 5.74) is 0. The summed E-state index contributed by atoms with van der Waals surface area (Å²) in [6, 6.07) is 0.422. The Labute approximate surface area is 75.6 Å². The maximum atomic E-state index is 11.4. The summed E-state index contributed by atoms with van der Waals surface area (Å²) in [5, 5.41) is 3.30. The van der Waals surface area contributed by atoms with Gasteiger partial charge >= 0.3 is 0 Å². The van der Waals surface area contributed by atoms with Gasteiger partial charge in [-0.05, 0) is 6.42 Å². The van der Waals surface area contributed by atoms with Crippen LogP contribution in [0.4, 0.5) is 0 Å². The van der Waals surface area contributed by atoms with E-state index in [0.29, 0.717) is 18.4 Å². The number of carbonyl (C=O) groups is 1. The number of hydrogen-bond acceptors (Lipinski definition) is 2. The average Bonchev–Trinajstić information content (AvgIpc) is 2.16. The van der Waals surface area contributed by atoms with Gasteiger partial charge < -0.3 is 10.2 Å². The second-order valence-corrected chi connectivity index (χ2v) is 3.21. The van der Waals surface area contributed by atoms with E-state index in [9.17, 15) is 4.79 Å². The van der Waals surface area contributed by atoms with Crippen LogP contribution in [0.1, 0.15) is 28.1 Å². The van der Waals surface area contributed by atoms with Crippen molar-refractivity contribution >= 4 is 5.91 Å². The number of hydrogen-bond donors (Lipinski definition) is 1. The Bertz CT molecular complexity index is 164.